The van der Waals surface area contributed by atoms with Gasteiger partial charge < -0.3 is 19.9 Å². The van der Waals surface area contributed by atoms with E-state index in [0.29, 0.717) is 30.2 Å². The van der Waals surface area contributed by atoms with Crippen molar-refractivity contribution >= 4 is 0 Å². The van der Waals surface area contributed by atoms with Gasteiger partial charge in [0.1, 0.15) is 11.5 Å². The van der Waals surface area contributed by atoms with Gasteiger partial charge in [0.25, 0.3) is 0 Å². The molecule has 2 aromatic rings. The molecule has 0 saturated carbocycles. The number of rotatable bonds is 7. The summed E-state index contributed by atoms with van der Waals surface area (Å²) in [6, 6.07) is 5.40. The predicted octanol–water partition coefficient (Wildman–Crippen LogP) is 2.55. The first kappa shape index (κ1) is 18.3. The Kier molecular flexibility index (Phi) is 5.85. The molecule has 0 spiro atoms. The van der Waals surface area contributed by atoms with E-state index >= 15 is 0 Å². The largest absolute Gasteiger partial charge is 0.497 e. The second kappa shape index (κ2) is 7.68. The Morgan fingerprint density at radius 1 is 1.25 bits per heavy atom. The van der Waals surface area contributed by atoms with Gasteiger partial charge in [-0.3, -0.25) is 5.10 Å². The number of hydrogen-bond donors (Lipinski definition) is 3. The van der Waals surface area contributed by atoms with Gasteiger partial charge >= 0.3 is 0 Å². The van der Waals surface area contributed by atoms with Crippen molar-refractivity contribution in [1.29, 1.82) is 0 Å². The zero-order valence-electron chi connectivity index (χ0n) is 15.0. The molecule has 0 saturated heterocycles. The average molecular weight is 333 g/mol. The van der Waals surface area contributed by atoms with Crippen molar-refractivity contribution in [3.63, 3.8) is 0 Å². The van der Waals surface area contributed by atoms with Gasteiger partial charge in [0.2, 0.25) is 0 Å². The van der Waals surface area contributed by atoms with Crippen LogP contribution >= 0.6 is 0 Å². The van der Waals surface area contributed by atoms with Crippen molar-refractivity contribution in [3.05, 3.63) is 41.2 Å². The fourth-order valence-corrected chi connectivity index (χ4v) is 2.65. The summed E-state index contributed by atoms with van der Waals surface area (Å²) in [5.41, 5.74) is 2.91. The maximum Gasteiger partial charge on any atom is 0.124 e. The summed E-state index contributed by atoms with van der Waals surface area (Å²) in [5, 5.41) is 21.0. The molecule has 0 fully saturated rings. The predicted molar refractivity (Wildman–Crippen MR) is 93.5 cm³/mol. The molecule has 6 heteroatoms. The average Bonchev–Trinajstić information content (AvgIpc) is 3.03. The van der Waals surface area contributed by atoms with Crippen LogP contribution in [-0.4, -0.2) is 36.1 Å². The minimum atomic E-state index is -0.694. The van der Waals surface area contributed by atoms with Crippen molar-refractivity contribution in [3.8, 4) is 11.5 Å². The molecule has 0 aliphatic rings. The highest BCUT2D eigenvalue weighted by Crippen LogP contribution is 2.29. The number of H-pyrrole nitrogens is 1. The summed E-state index contributed by atoms with van der Waals surface area (Å²) in [7, 11) is 3.19. The van der Waals surface area contributed by atoms with Crippen LogP contribution in [0.3, 0.4) is 0 Å². The number of benzene rings is 1. The Hall–Kier alpha value is -2.05. The first-order valence-corrected chi connectivity index (χ1v) is 8.00. The van der Waals surface area contributed by atoms with Crippen LogP contribution in [-0.2, 0) is 12.0 Å². The Labute approximate surface area is 143 Å². The van der Waals surface area contributed by atoms with E-state index in [9.17, 15) is 5.11 Å². The Morgan fingerprint density at radius 3 is 2.62 bits per heavy atom. The minimum absolute atomic E-state index is 0.00213. The van der Waals surface area contributed by atoms with Crippen LogP contribution in [0.2, 0.25) is 0 Å². The van der Waals surface area contributed by atoms with Crippen LogP contribution in [0.1, 0.15) is 43.7 Å². The van der Waals surface area contributed by atoms with Gasteiger partial charge in [0.15, 0.2) is 0 Å². The molecule has 2 rings (SSSR count). The van der Waals surface area contributed by atoms with Crippen molar-refractivity contribution in [2.75, 3.05) is 20.8 Å². The van der Waals surface area contributed by atoms with E-state index in [1.165, 1.54) is 0 Å². The SMILES string of the molecule is COc1ccc(OC)c([C@H](O)CNCc2cn[nH]c2C(C)(C)C)c1. The fraction of sp³-hybridized carbons (Fsp3) is 0.500. The van der Waals surface area contributed by atoms with Crippen LogP contribution < -0.4 is 14.8 Å². The molecule has 0 aliphatic heterocycles. The van der Waals surface area contributed by atoms with Gasteiger partial charge in [-0.25, -0.2) is 0 Å². The van der Waals surface area contributed by atoms with E-state index in [4.69, 9.17) is 9.47 Å². The lowest BCUT2D eigenvalue weighted by molar-refractivity contribution is 0.169. The van der Waals surface area contributed by atoms with Crippen LogP contribution in [0.5, 0.6) is 11.5 Å². The van der Waals surface area contributed by atoms with Gasteiger partial charge in [0.05, 0.1) is 26.5 Å². The van der Waals surface area contributed by atoms with E-state index in [1.807, 2.05) is 12.3 Å². The molecule has 0 radical (unpaired) electrons. The van der Waals surface area contributed by atoms with Crippen LogP contribution in [0, 0.1) is 0 Å². The molecule has 0 amide bonds. The molecular weight excluding hydrogens is 306 g/mol. The van der Waals surface area contributed by atoms with Crippen molar-refractivity contribution < 1.29 is 14.6 Å². The Balaban J connectivity index is 2.02. The molecular formula is C18H27N3O3. The molecule has 1 atom stereocenters. The zero-order chi connectivity index (χ0) is 17.7. The van der Waals surface area contributed by atoms with E-state index in [0.717, 1.165) is 11.3 Å². The fourth-order valence-electron chi connectivity index (χ4n) is 2.65. The summed E-state index contributed by atoms with van der Waals surface area (Å²) >= 11 is 0. The van der Waals surface area contributed by atoms with Crippen LogP contribution in [0.15, 0.2) is 24.4 Å². The number of nitrogens with one attached hydrogen (secondary N) is 2. The molecule has 3 N–H and O–H groups in total. The standard InChI is InChI=1S/C18H27N3O3/c1-18(2,3)17-12(10-20-21-17)9-19-11-15(22)14-8-13(23-4)6-7-16(14)24-5/h6-8,10,15,19,22H,9,11H2,1-5H3,(H,20,21)/t15-/m1/s1. The molecule has 0 bridgehead atoms. The summed E-state index contributed by atoms with van der Waals surface area (Å²) in [5.74, 6) is 1.33. The Morgan fingerprint density at radius 2 is 2.00 bits per heavy atom. The molecule has 1 aromatic heterocycles. The van der Waals surface area contributed by atoms with Gasteiger partial charge in [-0.1, -0.05) is 20.8 Å². The second-order valence-corrected chi connectivity index (χ2v) is 6.77. The maximum atomic E-state index is 10.5. The third-order valence-electron chi connectivity index (χ3n) is 3.92. The van der Waals surface area contributed by atoms with Crippen molar-refractivity contribution in [2.45, 2.75) is 38.8 Å². The number of aromatic amines is 1. The number of hydrogen-bond acceptors (Lipinski definition) is 5. The number of nitrogens with zero attached hydrogens (tertiary/aromatic N) is 1. The van der Waals surface area contributed by atoms with Gasteiger partial charge in [-0.2, -0.15) is 5.10 Å². The van der Waals surface area contributed by atoms with Gasteiger partial charge in [-0.05, 0) is 18.2 Å². The molecule has 132 valence electrons. The first-order valence-electron chi connectivity index (χ1n) is 8.00. The number of aliphatic hydroxyl groups is 1. The highest BCUT2D eigenvalue weighted by molar-refractivity contribution is 5.41. The van der Waals surface area contributed by atoms with Crippen molar-refractivity contribution in [2.24, 2.45) is 0 Å². The molecule has 0 aliphatic carbocycles. The lowest BCUT2D eigenvalue weighted by atomic mass is 9.89. The number of methoxy groups -OCH3 is 2. The summed E-state index contributed by atoms with van der Waals surface area (Å²) in [6.07, 6.45) is 1.13. The third kappa shape index (κ3) is 4.27. The second-order valence-electron chi connectivity index (χ2n) is 6.77. The molecule has 1 aromatic carbocycles. The number of aliphatic hydroxyl groups excluding tert-OH is 1. The van der Waals surface area contributed by atoms with Crippen LogP contribution in [0.25, 0.3) is 0 Å². The maximum absolute atomic E-state index is 10.5. The molecule has 24 heavy (non-hydrogen) atoms. The summed E-state index contributed by atoms with van der Waals surface area (Å²) in [6.45, 7) is 7.45. The van der Waals surface area contributed by atoms with E-state index in [2.05, 4.69) is 36.3 Å². The quantitative estimate of drug-likeness (QED) is 0.726. The normalized spacial score (nSPS) is 12.9. The highest BCUT2D eigenvalue weighted by Gasteiger charge is 2.20. The zero-order valence-corrected chi connectivity index (χ0v) is 15.0. The molecule has 0 unspecified atom stereocenters. The smallest absolute Gasteiger partial charge is 0.124 e. The van der Waals surface area contributed by atoms with E-state index in [-0.39, 0.29) is 5.41 Å². The molecule has 1 heterocycles. The monoisotopic (exact) mass is 333 g/mol. The lowest BCUT2D eigenvalue weighted by Gasteiger charge is -2.19. The summed E-state index contributed by atoms with van der Waals surface area (Å²) < 4.78 is 10.5. The van der Waals surface area contributed by atoms with E-state index in [1.54, 1.807) is 26.4 Å². The van der Waals surface area contributed by atoms with Gasteiger partial charge in [-0.15, -0.1) is 0 Å². The topological polar surface area (TPSA) is 79.4 Å². The number of ether oxygens (including phenoxy) is 2. The van der Waals surface area contributed by atoms with Crippen LogP contribution in [0.4, 0.5) is 0 Å². The first-order chi connectivity index (χ1) is 11.4. The highest BCUT2D eigenvalue weighted by atomic mass is 16.5. The minimum Gasteiger partial charge on any atom is -0.497 e. The molecule has 6 nitrogen and oxygen atoms in total. The third-order valence-corrected chi connectivity index (χ3v) is 3.92. The van der Waals surface area contributed by atoms with Crippen molar-refractivity contribution in [1.82, 2.24) is 15.5 Å². The van der Waals surface area contributed by atoms with E-state index < -0.39 is 6.10 Å². The Bertz CT molecular complexity index is 662. The summed E-state index contributed by atoms with van der Waals surface area (Å²) in [4.78, 5) is 0. The van der Waals surface area contributed by atoms with Gasteiger partial charge in [0, 0.05) is 35.3 Å². The number of aromatic nitrogens is 2. The lowest BCUT2D eigenvalue weighted by Crippen LogP contribution is -2.23.